The third-order valence-corrected chi connectivity index (χ3v) is 11.7. The van der Waals surface area contributed by atoms with Gasteiger partial charge in [-0.3, -0.25) is 14.4 Å². The normalized spacial score (nSPS) is 12.2. The van der Waals surface area contributed by atoms with E-state index in [4.69, 9.17) is 14.2 Å². The Labute approximate surface area is 378 Å². The van der Waals surface area contributed by atoms with Gasteiger partial charge in [0.25, 0.3) is 0 Å². The Balaban J connectivity index is 4.34. The molecule has 0 amide bonds. The van der Waals surface area contributed by atoms with Gasteiger partial charge in [-0.1, -0.05) is 243 Å². The molecule has 0 aliphatic rings. The van der Waals surface area contributed by atoms with Gasteiger partial charge in [-0.25, -0.2) is 0 Å². The van der Waals surface area contributed by atoms with Crippen LogP contribution in [-0.4, -0.2) is 37.2 Å². The molecule has 0 N–H and O–H groups in total. The van der Waals surface area contributed by atoms with Crippen LogP contribution in [0.5, 0.6) is 0 Å². The summed E-state index contributed by atoms with van der Waals surface area (Å²) in [4.78, 5) is 38.0. The molecule has 6 nitrogen and oxygen atoms in total. The molecule has 1 atom stereocenters. The molecule has 0 radical (unpaired) electrons. The summed E-state index contributed by atoms with van der Waals surface area (Å²) in [7, 11) is 0. The molecule has 0 spiro atoms. The smallest absolute Gasteiger partial charge is 0.306 e. The van der Waals surface area contributed by atoms with Gasteiger partial charge in [0.05, 0.1) is 0 Å². The second-order valence-corrected chi connectivity index (χ2v) is 17.8. The molecule has 356 valence electrons. The van der Waals surface area contributed by atoms with Crippen LogP contribution in [0, 0.1) is 0 Å². The summed E-state index contributed by atoms with van der Waals surface area (Å²) in [6, 6.07) is 0. The first-order chi connectivity index (χ1) is 30.0. The van der Waals surface area contributed by atoms with Crippen molar-refractivity contribution in [2.24, 2.45) is 0 Å². The summed E-state index contributed by atoms with van der Waals surface area (Å²) >= 11 is 0. The lowest BCUT2D eigenvalue weighted by Gasteiger charge is -2.18. The predicted octanol–water partition coefficient (Wildman–Crippen LogP) is 17.3. The zero-order chi connectivity index (χ0) is 44.4. The zero-order valence-electron chi connectivity index (χ0n) is 40.7. The molecule has 0 aromatic carbocycles. The molecule has 0 aliphatic carbocycles. The van der Waals surface area contributed by atoms with E-state index in [-0.39, 0.29) is 31.1 Å². The number of esters is 3. The first-order valence-electron chi connectivity index (χ1n) is 26.5. The van der Waals surface area contributed by atoms with E-state index in [1.54, 1.807) is 0 Å². The zero-order valence-corrected chi connectivity index (χ0v) is 40.7. The van der Waals surface area contributed by atoms with E-state index in [0.717, 1.165) is 83.5 Å². The fourth-order valence-corrected chi connectivity index (χ4v) is 7.69. The highest BCUT2D eigenvalue weighted by atomic mass is 16.6. The van der Waals surface area contributed by atoms with Gasteiger partial charge in [0.15, 0.2) is 6.10 Å². The minimum atomic E-state index is -0.770. The molecule has 1 unspecified atom stereocenters. The van der Waals surface area contributed by atoms with E-state index in [0.29, 0.717) is 19.3 Å². The number of carbonyl (C=O) groups is 3. The Morgan fingerprint density at radius 2 is 0.639 bits per heavy atom. The van der Waals surface area contributed by atoms with Crippen LogP contribution < -0.4 is 0 Å². The fraction of sp³-hybridized carbons (Fsp3) is 0.836. The lowest BCUT2D eigenvalue weighted by Crippen LogP contribution is -2.30. The van der Waals surface area contributed by atoms with Crippen molar-refractivity contribution in [1.82, 2.24) is 0 Å². The highest BCUT2D eigenvalue weighted by Crippen LogP contribution is 2.16. The highest BCUT2D eigenvalue weighted by Gasteiger charge is 2.19. The van der Waals surface area contributed by atoms with Crippen molar-refractivity contribution in [3.05, 3.63) is 36.5 Å². The van der Waals surface area contributed by atoms with Gasteiger partial charge >= 0.3 is 17.9 Å². The molecule has 0 saturated carbocycles. The van der Waals surface area contributed by atoms with Crippen molar-refractivity contribution >= 4 is 17.9 Å². The van der Waals surface area contributed by atoms with Crippen LogP contribution in [0.1, 0.15) is 278 Å². The van der Waals surface area contributed by atoms with Crippen molar-refractivity contribution in [3.63, 3.8) is 0 Å². The molecular formula is C55H100O6. The van der Waals surface area contributed by atoms with Crippen LogP contribution in [0.3, 0.4) is 0 Å². The number of hydrogen-bond acceptors (Lipinski definition) is 6. The van der Waals surface area contributed by atoms with E-state index >= 15 is 0 Å². The van der Waals surface area contributed by atoms with Crippen molar-refractivity contribution in [2.75, 3.05) is 13.2 Å². The monoisotopic (exact) mass is 857 g/mol. The standard InChI is InChI=1S/C55H100O6/c1-4-7-10-13-16-19-22-25-26-27-28-31-33-36-39-42-45-48-54(57)60-51-52(61-55(58)49-46-43-40-37-34-30-24-21-18-15-12-9-6-3)50-59-53(56)47-44-41-38-35-32-29-23-20-17-14-11-8-5-2/h7,10,16,19,25-26,52H,4-6,8-9,11-15,17-18,20-24,27-51H2,1-3H3/b10-7-,19-16-,26-25-. The van der Waals surface area contributed by atoms with E-state index in [1.807, 2.05) is 0 Å². The van der Waals surface area contributed by atoms with Gasteiger partial charge in [-0.05, 0) is 51.4 Å². The van der Waals surface area contributed by atoms with Crippen molar-refractivity contribution in [2.45, 2.75) is 284 Å². The van der Waals surface area contributed by atoms with E-state index in [2.05, 4.69) is 57.2 Å². The highest BCUT2D eigenvalue weighted by molar-refractivity contribution is 5.71. The summed E-state index contributed by atoms with van der Waals surface area (Å²) in [5.41, 5.74) is 0. The Kier molecular flexibility index (Phi) is 48.3. The molecule has 0 bridgehead atoms. The third-order valence-electron chi connectivity index (χ3n) is 11.7. The van der Waals surface area contributed by atoms with E-state index in [9.17, 15) is 14.4 Å². The summed E-state index contributed by atoms with van der Waals surface area (Å²) < 4.78 is 16.8. The van der Waals surface area contributed by atoms with Gasteiger partial charge in [0, 0.05) is 19.3 Å². The molecule has 61 heavy (non-hydrogen) atoms. The Morgan fingerprint density at radius 1 is 0.344 bits per heavy atom. The molecule has 0 fully saturated rings. The maximum Gasteiger partial charge on any atom is 0.306 e. The lowest BCUT2D eigenvalue weighted by atomic mass is 10.0. The maximum absolute atomic E-state index is 12.8. The number of hydrogen-bond donors (Lipinski definition) is 0. The Morgan fingerprint density at radius 3 is 1.00 bits per heavy atom. The van der Waals surface area contributed by atoms with Crippen LogP contribution in [0.2, 0.25) is 0 Å². The number of unbranched alkanes of at least 4 members (excludes halogenated alkanes) is 31. The molecule has 0 aromatic rings. The van der Waals surface area contributed by atoms with Crippen molar-refractivity contribution in [1.29, 1.82) is 0 Å². The van der Waals surface area contributed by atoms with Crippen molar-refractivity contribution < 1.29 is 28.6 Å². The average Bonchev–Trinajstić information content (AvgIpc) is 3.26. The average molecular weight is 857 g/mol. The second kappa shape index (κ2) is 50.3. The quantitative estimate of drug-likeness (QED) is 0.0262. The summed E-state index contributed by atoms with van der Waals surface area (Å²) in [5, 5.41) is 0. The maximum atomic E-state index is 12.8. The number of ether oxygens (including phenoxy) is 3. The van der Waals surface area contributed by atoms with Gasteiger partial charge in [-0.2, -0.15) is 0 Å². The number of carbonyl (C=O) groups excluding carboxylic acids is 3. The first kappa shape index (κ1) is 58.6. The largest absolute Gasteiger partial charge is 0.462 e. The minimum absolute atomic E-state index is 0.0708. The molecule has 6 heteroatoms. The van der Waals surface area contributed by atoms with Crippen molar-refractivity contribution in [3.8, 4) is 0 Å². The topological polar surface area (TPSA) is 78.9 Å². The number of rotatable bonds is 48. The van der Waals surface area contributed by atoms with Crippen LogP contribution in [0.25, 0.3) is 0 Å². The Bertz CT molecular complexity index is 1030. The van der Waals surface area contributed by atoms with Gasteiger partial charge in [0.1, 0.15) is 13.2 Å². The third kappa shape index (κ3) is 48.5. The summed E-state index contributed by atoms with van der Waals surface area (Å²) in [5.74, 6) is -0.867. The SMILES string of the molecule is CC/C=C\C/C=C\C/C=C\CCCCCCCCCC(=O)OCC(COC(=O)CCCCCCCCCCCCCCC)OC(=O)CCCCCCCCCCCCCCC. The second-order valence-electron chi connectivity index (χ2n) is 17.8. The van der Waals surface area contributed by atoms with Crippen LogP contribution in [0.4, 0.5) is 0 Å². The first-order valence-corrected chi connectivity index (χ1v) is 26.5. The molecular weight excluding hydrogens is 757 g/mol. The number of allylic oxidation sites excluding steroid dienone is 6. The predicted molar refractivity (Wildman–Crippen MR) is 261 cm³/mol. The van der Waals surface area contributed by atoms with Gasteiger partial charge < -0.3 is 14.2 Å². The van der Waals surface area contributed by atoms with Crippen LogP contribution in [-0.2, 0) is 28.6 Å². The Hall–Kier alpha value is -2.37. The minimum Gasteiger partial charge on any atom is -0.462 e. The van der Waals surface area contributed by atoms with Gasteiger partial charge in [0.2, 0.25) is 0 Å². The molecule has 0 aromatic heterocycles. The molecule has 0 aliphatic heterocycles. The lowest BCUT2D eigenvalue weighted by molar-refractivity contribution is -0.167. The summed E-state index contributed by atoms with van der Waals surface area (Å²) in [6.07, 6.45) is 58.4. The summed E-state index contributed by atoms with van der Waals surface area (Å²) in [6.45, 7) is 6.54. The molecule has 0 rings (SSSR count). The van der Waals surface area contributed by atoms with Crippen LogP contribution >= 0.6 is 0 Å². The van der Waals surface area contributed by atoms with E-state index < -0.39 is 6.10 Å². The van der Waals surface area contributed by atoms with Crippen LogP contribution in [0.15, 0.2) is 36.5 Å². The van der Waals surface area contributed by atoms with Gasteiger partial charge in [-0.15, -0.1) is 0 Å². The fourth-order valence-electron chi connectivity index (χ4n) is 7.69. The molecule has 0 heterocycles. The molecule has 0 saturated heterocycles. The van der Waals surface area contributed by atoms with E-state index in [1.165, 1.54) is 154 Å².